The van der Waals surface area contributed by atoms with Crippen LogP contribution < -0.4 is 10.1 Å². The van der Waals surface area contributed by atoms with Crippen LogP contribution >= 0.6 is 11.6 Å². The predicted octanol–water partition coefficient (Wildman–Crippen LogP) is 4.57. The van der Waals surface area contributed by atoms with E-state index in [9.17, 15) is 9.59 Å². The zero-order chi connectivity index (χ0) is 19.2. The lowest BCUT2D eigenvalue weighted by atomic mass is 10.2. The van der Waals surface area contributed by atoms with Crippen LogP contribution in [0.3, 0.4) is 0 Å². The van der Waals surface area contributed by atoms with Crippen molar-refractivity contribution in [2.75, 3.05) is 12.4 Å². The highest BCUT2D eigenvalue weighted by molar-refractivity contribution is 6.32. The highest BCUT2D eigenvalue weighted by atomic mass is 35.5. The lowest BCUT2D eigenvalue weighted by Gasteiger charge is -2.09. The highest BCUT2D eigenvalue weighted by Crippen LogP contribution is 2.29. The van der Waals surface area contributed by atoms with Crippen LogP contribution in [0.4, 0.5) is 5.69 Å². The van der Waals surface area contributed by atoms with Gasteiger partial charge in [-0.3, -0.25) is 4.79 Å². The molecule has 27 heavy (non-hydrogen) atoms. The van der Waals surface area contributed by atoms with Crippen LogP contribution in [0.5, 0.6) is 11.5 Å². The fourth-order valence-corrected chi connectivity index (χ4v) is 2.41. The minimum atomic E-state index is -0.606. The summed E-state index contributed by atoms with van der Waals surface area (Å²) in [5.41, 5.74) is 0.722. The first kappa shape index (κ1) is 18.4. The molecule has 1 N–H and O–H groups in total. The first-order valence-electron chi connectivity index (χ1n) is 7.96. The van der Waals surface area contributed by atoms with E-state index < -0.39 is 11.9 Å². The van der Waals surface area contributed by atoms with Crippen LogP contribution in [0.1, 0.15) is 21.0 Å². The molecular weight excluding hydrogens is 368 g/mol. The highest BCUT2D eigenvalue weighted by Gasteiger charge is 2.13. The van der Waals surface area contributed by atoms with E-state index in [-0.39, 0.29) is 11.4 Å². The summed E-state index contributed by atoms with van der Waals surface area (Å²) in [5.74, 6) is 0.0675. The molecule has 0 aliphatic heterocycles. The largest absolute Gasteiger partial charge is 0.464 e. The van der Waals surface area contributed by atoms with Crippen LogP contribution in [-0.4, -0.2) is 24.0 Å². The van der Waals surface area contributed by atoms with Crippen LogP contribution in [0.15, 0.2) is 66.7 Å². The number of pyridine rings is 1. The first-order valence-corrected chi connectivity index (χ1v) is 8.34. The average molecular weight is 383 g/mol. The number of nitrogens with zero attached hydrogens (tertiary/aromatic N) is 1. The first-order chi connectivity index (χ1) is 13.1. The molecule has 0 bridgehead atoms. The molecule has 1 heterocycles. The number of methoxy groups -OCH3 is 1. The molecule has 0 spiro atoms. The third-order valence-electron chi connectivity index (χ3n) is 3.55. The number of ether oxygens (including phenoxy) is 2. The van der Waals surface area contributed by atoms with Gasteiger partial charge in [-0.05, 0) is 48.5 Å². The fourth-order valence-electron chi connectivity index (χ4n) is 2.24. The summed E-state index contributed by atoms with van der Waals surface area (Å²) < 4.78 is 10.3. The summed E-state index contributed by atoms with van der Waals surface area (Å²) in [4.78, 5) is 27.8. The summed E-state index contributed by atoms with van der Waals surface area (Å²) in [6, 6.07) is 18.5. The van der Waals surface area contributed by atoms with E-state index in [1.807, 2.05) is 12.1 Å². The van der Waals surface area contributed by atoms with Crippen molar-refractivity contribution in [3.05, 3.63) is 83.1 Å². The average Bonchev–Trinajstić information content (AvgIpc) is 2.70. The molecule has 0 fully saturated rings. The van der Waals surface area contributed by atoms with Gasteiger partial charge in [0.1, 0.15) is 22.9 Å². The number of esters is 1. The van der Waals surface area contributed by atoms with E-state index in [0.717, 1.165) is 0 Å². The minimum absolute atomic E-state index is 0.0636. The zero-order valence-corrected chi connectivity index (χ0v) is 15.1. The number of hydrogen-bond donors (Lipinski definition) is 1. The van der Waals surface area contributed by atoms with E-state index >= 15 is 0 Å². The van der Waals surface area contributed by atoms with Gasteiger partial charge in [-0.2, -0.15) is 0 Å². The van der Waals surface area contributed by atoms with Crippen LogP contribution in [-0.2, 0) is 4.74 Å². The van der Waals surface area contributed by atoms with Crippen molar-refractivity contribution in [2.24, 2.45) is 0 Å². The van der Waals surface area contributed by atoms with Gasteiger partial charge < -0.3 is 14.8 Å². The lowest BCUT2D eigenvalue weighted by Crippen LogP contribution is -2.15. The number of anilines is 1. The summed E-state index contributed by atoms with van der Waals surface area (Å²) in [6.07, 6.45) is 0. The van der Waals surface area contributed by atoms with E-state index in [2.05, 4.69) is 15.0 Å². The zero-order valence-electron chi connectivity index (χ0n) is 14.3. The van der Waals surface area contributed by atoms with Crippen molar-refractivity contribution in [3.63, 3.8) is 0 Å². The number of aromatic nitrogens is 1. The molecular formula is C20H15ClN2O4. The van der Waals surface area contributed by atoms with Crippen molar-refractivity contribution in [1.29, 1.82) is 0 Å². The number of benzene rings is 2. The Morgan fingerprint density at radius 3 is 2.33 bits per heavy atom. The third kappa shape index (κ3) is 4.62. The minimum Gasteiger partial charge on any atom is -0.464 e. The van der Waals surface area contributed by atoms with Crippen molar-refractivity contribution in [2.45, 2.75) is 0 Å². The number of carbonyl (C=O) groups excluding carboxylic acids is 2. The van der Waals surface area contributed by atoms with Crippen LogP contribution in [0, 0.1) is 0 Å². The van der Waals surface area contributed by atoms with Crippen molar-refractivity contribution < 1.29 is 19.1 Å². The van der Waals surface area contributed by atoms with Gasteiger partial charge in [-0.15, -0.1) is 0 Å². The number of amides is 1. The van der Waals surface area contributed by atoms with E-state index in [0.29, 0.717) is 22.2 Å². The topological polar surface area (TPSA) is 77.5 Å². The number of hydrogen-bond acceptors (Lipinski definition) is 5. The number of nitrogens with one attached hydrogen (secondary N) is 1. The predicted molar refractivity (Wildman–Crippen MR) is 101 cm³/mol. The Hall–Kier alpha value is -3.38. The number of para-hydroxylation sites is 1. The molecule has 136 valence electrons. The van der Waals surface area contributed by atoms with Gasteiger partial charge in [0.15, 0.2) is 0 Å². The maximum atomic E-state index is 12.3. The van der Waals surface area contributed by atoms with Crippen LogP contribution in [0.2, 0.25) is 5.02 Å². The lowest BCUT2D eigenvalue weighted by molar-refractivity contribution is 0.0594. The smallest absolute Gasteiger partial charge is 0.356 e. The molecule has 0 unspecified atom stereocenters. The second kappa shape index (κ2) is 8.33. The van der Waals surface area contributed by atoms with Crippen molar-refractivity contribution in [3.8, 4) is 11.5 Å². The van der Waals surface area contributed by atoms with Crippen LogP contribution in [0.25, 0.3) is 0 Å². The van der Waals surface area contributed by atoms with E-state index in [4.69, 9.17) is 16.3 Å². The molecule has 0 aliphatic carbocycles. The standard InChI is InChI=1S/C20H15ClN2O4/c1-26-20(25)17-7-4-6-16(23-17)19(24)22-13-9-11-14(12-10-13)27-18-8-3-2-5-15(18)21/h2-12H,1H3,(H,22,24). The van der Waals surface area contributed by atoms with Crippen molar-refractivity contribution in [1.82, 2.24) is 4.98 Å². The fraction of sp³-hybridized carbons (Fsp3) is 0.0500. The summed E-state index contributed by atoms with van der Waals surface area (Å²) in [5, 5.41) is 3.22. The second-order valence-corrected chi connectivity index (χ2v) is 5.82. The molecule has 0 saturated heterocycles. The van der Waals surface area contributed by atoms with Gasteiger partial charge in [-0.25, -0.2) is 9.78 Å². The Kier molecular flexibility index (Phi) is 5.68. The van der Waals surface area contributed by atoms with Gasteiger partial charge in [0.2, 0.25) is 0 Å². The summed E-state index contributed by atoms with van der Waals surface area (Å²) in [6.45, 7) is 0. The van der Waals surface area contributed by atoms with Gasteiger partial charge >= 0.3 is 5.97 Å². The van der Waals surface area contributed by atoms with Gasteiger partial charge in [-0.1, -0.05) is 29.8 Å². The quantitative estimate of drug-likeness (QED) is 0.654. The SMILES string of the molecule is COC(=O)c1cccc(C(=O)Nc2ccc(Oc3ccccc3Cl)cc2)n1. The molecule has 1 aromatic heterocycles. The Morgan fingerprint density at radius 1 is 0.926 bits per heavy atom. The normalized spacial score (nSPS) is 10.1. The van der Waals surface area contributed by atoms with Crippen molar-refractivity contribution >= 4 is 29.2 Å². The molecule has 0 atom stereocenters. The molecule has 2 aromatic carbocycles. The van der Waals surface area contributed by atoms with E-state index in [1.54, 1.807) is 42.5 Å². The molecule has 0 radical (unpaired) electrons. The monoisotopic (exact) mass is 382 g/mol. The maximum Gasteiger partial charge on any atom is 0.356 e. The molecule has 7 heteroatoms. The molecule has 3 aromatic rings. The van der Waals surface area contributed by atoms with Gasteiger partial charge in [0.05, 0.1) is 12.1 Å². The molecule has 3 rings (SSSR count). The second-order valence-electron chi connectivity index (χ2n) is 5.41. The number of halogens is 1. The molecule has 6 nitrogen and oxygen atoms in total. The van der Waals surface area contributed by atoms with Gasteiger partial charge in [0, 0.05) is 5.69 Å². The van der Waals surface area contributed by atoms with Gasteiger partial charge in [0.25, 0.3) is 5.91 Å². The maximum absolute atomic E-state index is 12.3. The Bertz CT molecular complexity index is 974. The summed E-state index contributed by atoms with van der Waals surface area (Å²) in [7, 11) is 1.25. The van der Waals surface area contributed by atoms with E-state index in [1.165, 1.54) is 19.2 Å². The Balaban J connectivity index is 1.68. The summed E-state index contributed by atoms with van der Waals surface area (Å²) >= 11 is 6.07. The molecule has 0 aliphatic rings. The number of carbonyl (C=O) groups is 2. The molecule has 1 amide bonds. The molecule has 0 saturated carbocycles. The Labute approximate surface area is 160 Å². The third-order valence-corrected chi connectivity index (χ3v) is 3.87. The Morgan fingerprint density at radius 2 is 1.63 bits per heavy atom. The number of rotatable bonds is 5.